The Labute approximate surface area is 227 Å². The molecule has 0 aliphatic heterocycles. The summed E-state index contributed by atoms with van der Waals surface area (Å²) in [6.45, 7) is -2.73. The zero-order valence-electron chi connectivity index (χ0n) is 20.1. The number of hydrogen-bond acceptors (Lipinski definition) is 7. The summed E-state index contributed by atoms with van der Waals surface area (Å²) in [7, 11) is 1.50. The molecule has 0 N–H and O–H groups in total. The lowest BCUT2D eigenvalue weighted by Crippen LogP contribution is -2.26. The van der Waals surface area contributed by atoms with E-state index in [1.54, 1.807) is 12.1 Å². The van der Waals surface area contributed by atoms with E-state index in [-0.39, 0.29) is 33.7 Å². The number of carbonyl (C=O) groups is 1. The van der Waals surface area contributed by atoms with Crippen molar-refractivity contribution in [1.29, 1.82) is 0 Å². The third kappa shape index (κ3) is 7.52. The average molecular weight is 570 g/mol. The highest BCUT2D eigenvalue weighted by atomic mass is 35.5. The van der Waals surface area contributed by atoms with Gasteiger partial charge in [-0.15, -0.1) is 0 Å². The highest BCUT2D eigenvalue weighted by molar-refractivity contribution is 6.35. The van der Waals surface area contributed by atoms with Gasteiger partial charge < -0.3 is 28.9 Å². The molecule has 1 heterocycles. The molecule has 0 unspecified atom stereocenters. The molecular weight excluding hydrogens is 547 g/mol. The summed E-state index contributed by atoms with van der Waals surface area (Å²) >= 11 is 12.5. The molecule has 2 aromatic carbocycles. The van der Waals surface area contributed by atoms with Crippen LogP contribution in [-0.2, 0) is 11.2 Å². The Morgan fingerprint density at radius 3 is 2.32 bits per heavy atom. The maximum Gasteiger partial charge on any atom is 0.514 e. The summed E-state index contributed by atoms with van der Waals surface area (Å²) in [5.41, 5.74) is 0.700. The number of benzene rings is 2. The highest BCUT2D eigenvalue weighted by Gasteiger charge is 2.27. The zero-order valence-corrected chi connectivity index (χ0v) is 21.6. The Kier molecular flexibility index (Phi) is 8.96. The first-order valence-electron chi connectivity index (χ1n) is 11.5. The molecule has 1 atom stereocenters. The molecule has 1 saturated carbocycles. The second kappa shape index (κ2) is 12.4. The van der Waals surface area contributed by atoms with E-state index in [2.05, 4.69) is 4.74 Å². The molecule has 0 spiro atoms. The van der Waals surface area contributed by atoms with Crippen LogP contribution in [0.5, 0.6) is 23.0 Å². The molecule has 0 amide bonds. The van der Waals surface area contributed by atoms with Crippen molar-refractivity contribution < 1.29 is 42.0 Å². The summed E-state index contributed by atoms with van der Waals surface area (Å²) in [5.74, 6) is 1.01. The predicted molar refractivity (Wildman–Crippen MR) is 133 cm³/mol. The van der Waals surface area contributed by atoms with Gasteiger partial charge in [-0.25, -0.2) is 4.79 Å². The third-order valence-corrected chi connectivity index (χ3v) is 6.32. The molecule has 1 aliphatic rings. The molecule has 38 heavy (non-hydrogen) atoms. The first-order valence-corrected chi connectivity index (χ1v) is 12.3. The first-order chi connectivity index (χ1) is 18.2. The van der Waals surface area contributed by atoms with E-state index in [0.29, 0.717) is 34.1 Å². The Morgan fingerprint density at radius 2 is 1.71 bits per heavy atom. The standard InChI is InChI=1S/C26H23Cl2F2NO7/c1-34-17-5-7-18(8-6-17)36-26(32)38-23(11-19-20(27)12-31(33)13-21(19)28)16-4-9-22(37-25(29)30)24(10-16)35-14-15-2-3-15/h4-10,12-13,15,23,25H,2-3,11,14H2,1H3/t23-/m0/s1. The second-order valence-corrected chi connectivity index (χ2v) is 9.28. The third-order valence-electron chi connectivity index (χ3n) is 5.67. The Morgan fingerprint density at radius 1 is 1.05 bits per heavy atom. The lowest BCUT2D eigenvalue weighted by atomic mass is 10.0. The van der Waals surface area contributed by atoms with Gasteiger partial charge in [-0.3, -0.25) is 0 Å². The SMILES string of the molecule is COc1ccc(OC(=O)O[C@@H](Cc2c(Cl)c[n+]([O-])cc2Cl)c2ccc(OC(F)F)c(OCC3CC3)c2)cc1. The van der Waals surface area contributed by atoms with E-state index in [1.165, 1.54) is 37.4 Å². The molecule has 3 aromatic rings. The minimum atomic E-state index is -3.06. The molecule has 1 aliphatic carbocycles. The molecule has 8 nitrogen and oxygen atoms in total. The van der Waals surface area contributed by atoms with Crippen LogP contribution in [0.3, 0.4) is 0 Å². The van der Waals surface area contributed by atoms with Crippen molar-refractivity contribution in [1.82, 2.24) is 0 Å². The van der Waals surface area contributed by atoms with Crippen molar-refractivity contribution in [3.63, 3.8) is 0 Å². The van der Waals surface area contributed by atoms with Crippen LogP contribution in [0.1, 0.15) is 30.1 Å². The number of hydrogen-bond donors (Lipinski definition) is 0. The normalized spacial score (nSPS) is 13.6. The van der Waals surface area contributed by atoms with Crippen molar-refractivity contribution in [2.75, 3.05) is 13.7 Å². The fourth-order valence-electron chi connectivity index (χ4n) is 3.54. The maximum absolute atomic E-state index is 13.0. The van der Waals surface area contributed by atoms with Gasteiger partial charge in [-0.2, -0.15) is 13.5 Å². The zero-order chi connectivity index (χ0) is 27.2. The molecule has 4 rings (SSSR count). The van der Waals surface area contributed by atoms with Crippen LogP contribution in [0.15, 0.2) is 54.9 Å². The summed E-state index contributed by atoms with van der Waals surface area (Å²) in [6, 6.07) is 10.4. The van der Waals surface area contributed by atoms with E-state index in [1.807, 2.05) is 0 Å². The fraction of sp³-hybridized carbons (Fsp3) is 0.308. The van der Waals surface area contributed by atoms with Gasteiger partial charge >= 0.3 is 12.8 Å². The molecule has 1 aromatic heterocycles. The number of methoxy groups -OCH3 is 1. The minimum Gasteiger partial charge on any atom is -0.619 e. The molecule has 0 bridgehead atoms. The van der Waals surface area contributed by atoms with Crippen molar-refractivity contribution >= 4 is 29.4 Å². The Bertz CT molecular complexity index is 1250. The lowest BCUT2D eigenvalue weighted by Gasteiger charge is -2.21. The average Bonchev–Trinajstić information content (AvgIpc) is 3.69. The number of pyridine rings is 1. The van der Waals surface area contributed by atoms with Crippen LogP contribution in [0.25, 0.3) is 0 Å². The summed E-state index contributed by atoms with van der Waals surface area (Å²) < 4.78 is 52.7. The largest absolute Gasteiger partial charge is 0.619 e. The Hall–Kier alpha value is -3.50. The van der Waals surface area contributed by atoms with Crippen LogP contribution >= 0.6 is 23.2 Å². The molecule has 0 saturated heterocycles. The van der Waals surface area contributed by atoms with E-state index in [4.69, 9.17) is 42.1 Å². The van der Waals surface area contributed by atoms with Crippen molar-refractivity contribution in [3.8, 4) is 23.0 Å². The van der Waals surface area contributed by atoms with Crippen LogP contribution in [0, 0.1) is 11.1 Å². The fourth-order valence-corrected chi connectivity index (χ4v) is 4.14. The van der Waals surface area contributed by atoms with Gasteiger partial charge in [0.15, 0.2) is 23.9 Å². The van der Waals surface area contributed by atoms with Crippen molar-refractivity contribution in [3.05, 3.63) is 81.2 Å². The number of nitrogens with zero attached hydrogens (tertiary/aromatic N) is 1. The molecule has 0 radical (unpaired) electrons. The molecule has 12 heteroatoms. The van der Waals surface area contributed by atoms with Crippen LogP contribution in [0.4, 0.5) is 13.6 Å². The summed E-state index contributed by atoms with van der Waals surface area (Å²) in [6.07, 6.45) is 2.03. The number of aromatic nitrogens is 1. The Balaban J connectivity index is 1.63. The molecule has 1 fully saturated rings. The lowest BCUT2D eigenvalue weighted by molar-refractivity contribution is -0.605. The van der Waals surface area contributed by atoms with Gasteiger partial charge in [0.2, 0.25) is 0 Å². The number of alkyl halides is 2. The van der Waals surface area contributed by atoms with Gasteiger partial charge in [0.25, 0.3) is 0 Å². The molecular formula is C26H23Cl2F2NO7. The van der Waals surface area contributed by atoms with Crippen LogP contribution < -0.4 is 23.7 Å². The summed E-state index contributed by atoms with van der Waals surface area (Å²) in [4.78, 5) is 12.7. The first kappa shape index (κ1) is 27.5. The van der Waals surface area contributed by atoms with Gasteiger partial charge in [-0.1, -0.05) is 29.3 Å². The van der Waals surface area contributed by atoms with Gasteiger partial charge in [-0.05, 0) is 60.7 Å². The minimum absolute atomic E-state index is 0.0486. The molecule has 202 valence electrons. The van der Waals surface area contributed by atoms with Gasteiger partial charge in [0, 0.05) is 12.0 Å². The predicted octanol–water partition coefficient (Wildman–Crippen LogP) is 6.53. The van der Waals surface area contributed by atoms with Gasteiger partial charge in [0.05, 0.1) is 13.7 Å². The van der Waals surface area contributed by atoms with E-state index in [9.17, 15) is 18.8 Å². The number of halogens is 4. The summed E-state index contributed by atoms with van der Waals surface area (Å²) in [5, 5.41) is 11.8. The van der Waals surface area contributed by atoms with E-state index >= 15 is 0 Å². The van der Waals surface area contributed by atoms with Crippen LogP contribution in [-0.4, -0.2) is 26.5 Å². The van der Waals surface area contributed by atoms with E-state index < -0.39 is 18.9 Å². The van der Waals surface area contributed by atoms with Crippen molar-refractivity contribution in [2.24, 2.45) is 5.92 Å². The smallest absolute Gasteiger partial charge is 0.514 e. The highest BCUT2D eigenvalue weighted by Crippen LogP contribution is 2.38. The van der Waals surface area contributed by atoms with E-state index in [0.717, 1.165) is 25.2 Å². The second-order valence-electron chi connectivity index (χ2n) is 8.47. The number of ether oxygens (including phenoxy) is 5. The number of rotatable bonds is 11. The quantitative estimate of drug-likeness (QED) is 0.112. The van der Waals surface area contributed by atoms with Crippen LogP contribution in [0.2, 0.25) is 10.0 Å². The monoisotopic (exact) mass is 569 g/mol. The van der Waals surface area contributed by atoms with Crippen molar-refractivity contribution in [2.45, 2.75) is 32.0 Å². The van der Waals surface area contributed by atoms with Gasteiger partial charge in [0.1, 0.15) is 27.6 Å². The number of carbonyl (C=O) groups excluding carboxylic acids is 1. The topological polar surface area (TPSA) is 90.2 Å². The maximum atomic E-state index is 13.0.